The summed E-state index contributed by atoms with van der Waals surface area (Å²) in [6.07, 6.45) is 5.42. The Morgan fingerprint density at radius 2 is 1.87 bits per heavy atom. The largest absolute Gasteiger partial charge is 0.304 e. The van der Waals surface area contributed by atoms with Crippen LogP contribution in [0.2, 0.25) is 0 Å². The Labute approximate surface area is 141 Å². The van der Waals surface area contributed by atoms with E-state index in [1.54, 1.807) is 24.4 Å². The normalized spacial score (nSPS) is 12.2. The molecule has 1 atom stereocenters. The van der Waals surface area contributed by atoms with Crippen LogP contribution in [-0.4, -0.2) is 21.0 Å². The molecule has 0 aliphatic heterocycles. The Morgan fingerprint density at radius 1 is 1.09 bits per heavy atom. The lowest BCUT2D eigenvalue weighted by molar-refractivity contribution is 0.436. The molecule has 0 amide bonds. The molecule has 0 spiro atoms. The van der Waals surface area contributed by atoms with Crippen LogP contribution >= 0.6 is 11.8 Å². The van der Waals surface area contributed by atoms with Crippen LogP contribution in [0.1, 0.15) is 17.2 Å². The van der Waals surface area contributed by atoms with Crippen LogP contribution in [0.15, 0.2) is 72.1 Å². The van der Waals surface area contributed by atoms with Gasteiger partial charge in [-0.1, -0.05) is 42.5 Å². The van der Waals surface area contributed by atoms with Crippen molar-refractivity contribution in [2.75, 3.05) is 6.26 Å². The van der Waals surface area contributed by atoms with Gasteiger partial charge in [0, 0.05) is 11.4 Å². The van der Waals surface area contributed by atoms with E-state index in [4.69, 9.17) is 0 Å². The fraction of sp³-hybridized carbons (Fsp3) is 0.222. The molecule has 1 unspecified atom stereocenters. The monoisotopic (exact) mass is 324 g/mol. The van der Waals surface area contributed by atoms with Crippen molar-refractivity contribution in [3.63, 3.8) is 0 Å². The summed E-state index contributed by atoms with van der Waals surface area (Å²) in [5.41, 5.74) is 2.53. The van der Waals surface area contributed by atoms with Gasteiger partial charge in [0.25, 0.3) is 0 Å². The summed E-state index contributed by atoms with van der Waals surface area (Å²) in [5, 5.41) is 7.85. The maximum Gasteiger partial charge on any atom is 0.137 e. The fourth-order valence-corrected chi connectivity index (χ4v) is 2.88. The first-order chi connectivity index (χ1) is 11.3. The third-order valence-corrected chi connectivity index (χ3v) is 4.49. The summed E-state index contributed by atoms with van der Waals surface area (Å²) >= 11 is 1.76. The number of nitrogens with zero attached hydrogens (tertiary/aromatic N) is 3. The number of rotatable bonds is 7. The molecule has 0 aliphatic carbocycles. The predicted octanol–water partition coefficient (Wildman–Crippen LogP) is 3.53. The zero-order valence-corrected chi connectivity index (χ0v) is 13.9. The van der Waals surface area contributed by atoms with E-state index in [0.29, 0.717) is 0 Å². The van der Waals surface area contributed by atoms with Gasteiger partial charge < -0.3 is 5.32 Å². The molecule has 5 heteroatoms. The Hall–Kier alpha value is -2.11. The number of hydrogen-bond acceptors (Lipinski definition) is 4. The minimum absolute atomic E-state index is 0.193. The molecule has 0 saturated carbocycles. The Bertz CT molecular complexity index is 696. The highest BCUT2D eigenvalue weighted by Gasteiger charge is 2.12. The van der Waals surface area contributed by atoms with E-state index in [1.165, 1.54) is 16.0 Å². The molecule has 0 saturated heterocycles. The number of nitrogens with one attached hydrogen (secondary N) is 1. The van der Waals surface area contributed by atoms with Gasteiger partial charge in [-0.05, 0) is 29.5 Å². The van der Waals surface area contributed by atoms with Gasteiger partial charge in [0.05, 0.1) is 12.6 Å². The molecule has 0 fully saturated rings. The first-order valence-corrected chi connectivity index (χ1v) is 8.81. The van der Waals surface area contributed by atoms with Crippen molar-refractivity contribution >= 4 is 11.8 Å². The number of aromatic nitrogens is 3. The zero-order chi connectivity index (χ0) is 15.9. The van der Waals surface area contributed by atoms with Crippen molar-refractivity contribution in [2.24, 2.45) is 0 Å². The standard InChI is InChI=1S/C18H20N4S/c1-23-17-9-7-15(8-10-17)11-20-18(12-22-14-19-13-21-22)16-5-3-2-4-6-16/h2-10,13-14,18,20H,11-12H2,1H3. The van der Waals surface area contributed by atoms with E-state index >= 15 is 0 Å². The lowest BCUT2D eigenvalue weighted by Crippen LogP contribution is -2.25. The maximum absolute atomic E-state index is 4.22. The van der Waals surface area contributed by atoms with Crippen LogP contribution in [0, 0.1) is 0 Å². The first kappa shape index (κ1) is 15.8. The predicted molar refractivity (Wildman–Crippen MR) is 94.3 cm³/mol. The van der Waals surface area contributed by atoms with Crippen LogP contribution in [0.3, 0.4) is 0 Å². The smallest absolute Gasteiger partial charge is 0.137 e. The summed E-state index contributed by atoms with van der Waals surface area (Å²) in [5.74, 6) is 0. The number of thioether (sulfide) groups is 1. The molecule has 1 heterocycles. The van der Waals surface area contributed by atoms with Crippen molar-refractivity contribution in [3.8, 4) is 0 Å². The van der Waals surface area contributed by atoms with Gasteiger partial charge in [-0.15, -0.1) is 11.8 Å². The van der Waals surface area contributed by atoms with Crippen LogP contribution < -0.4 is 5.32 Å². The molecular formula is C18H20N4S. The van der Waals surface area contributed by atoms with Gasteiger partial charge in [0.1, 0.15) is 12.7 Å². The number of benzene rings is 2. The van der Waals surface area contributed by atoms with Gasteiger partial charge in [0.2, 0.25) is 0 Å². The first-order valence-electron chi connectivity index (χ1n) is 7.59. The molecule has 0 radical (unpaired) electrons. The van der Waals surface area contributed by atoms with Gasteiger partial charge >= 0.3 is 0 Å². The molecule has 23 heavy (non-hydrogen) atoms. The van der Waals surface area contributed by atoms with Gasteiger partial charge in [-0.3, -0.25) is 4.68 Å². The van der Waals surface area contributed by atoms with Crippen molar-refractivity contribution in [3.05, 3.63) is 78.4 Å². The van der Waals surface area contributed by atoms with E-state index < -0.39 is 0 Å². The Balaban J connectivity index is 1.70. The molecule has 1 aromatic heterocycles. The third-order valence-electron chi connectivity index (χ3n) is 3.75. The second kappa shape index (κ2) is 7.94. The van der Waals surface area contributed by atoms with Crippen LogP contribution in [-0.2, 0) is 13.1 Å². The molecule has 0 bridgehead atoms. The fourth-order valence-electron chi connectivity index (χ4n) is 2.47. The number of hydrogen-bond donors (Lipinski definition) is 1. The summed E-state index contributed by atoms with van der Waals surface area (Å²) in [6.45, 7) is 1.58. The molecule has 2 aromatic carbocycles. The molecule has 0 aliphatic rings. The molecule has 3 rings (SSSR count). The van der Waals surface area contributed by atoms with Crippen molar-refractivity contribution in [1.82, 2.24) is 20.1 Å². The van der Waals surface area contributed by atoms with Gasteiger partial charge in [-0.25, -0.2) is 4.98 Å². The average molecular weight is 324 g/mol. The lowest BCUT2D eigenvalue weighted by Gasteiger charge is -2.19. The maximum atomic E-state index is 4.22. The van der Waals surface area contributed by atoms with Gasteiger partial charge in [-0.2, -0.15) is 5.10 Å². The molecule has 118 valence electrons. The van der Waals surface area contributed by atoms with Gasteiger partial charge in [0.15, 0.2) is 0 Å². The minimum Gasteiger partial charge on any atom is -0.304 e. The third kappa shape index (κ3) is 4.43. The van der Waals surface area contributed by atoms with Crippen LogP contribution in [0.25, 0.3) is 0 Å². The van der Waals surface area contributed by atoms with E-state index in [0.717, 1.165) is 13.1 Å². The summed E-state index contributed by atoms with van der Waals surface area (Å²) < 4.78 is 1.86. The zero-order valence-electron chi connectivity index (χ0n) is 13.1. The Kier molecular flexibility index (Phi) is 5.45. The highest BCUT2D eigenvalue weighted by Crippen LogP contribution is 2.17. The van der Waals surface area contributed by atoms with E-state index in [9.17, 15) is 0 Å². The highest BCUT2D eigenvalue weighted by atomic mass is 32.2. The summed E-state index contributed by atoms with van der Waals surface area (Å²) in [7, 11) is 0. The summed E-state index contributed by atoms with van der Waals surface area (Å²) in [4.78, 5) is 5.32. The SMILES string of the molecule is CSc1ccc(CNC(Cn2cncn2)c2ccccc2)cc1. The topological polar surface area (TPSA) is 42.7 Å². The summed E-state index contributed by atoms with van der Waals surface area (Å²) in [6, 6.07) is 19.3. The van der Waals surface area contributed by atoms with Crippen molar-refractivity contribution in [1.29, 1.82) is 0 Å². The molecule has 1 N–H and O–H groups in total. The molecule has 3 aromatic rings. The highest BCUT2D eigenvalue weighted by molar-refractivity contribution is 7.98. The lowest BCUT2D eigenvalue weighted by atomic mass is 10.1. The van der Waals surface area contributed by atoms with E-state index in [1.807, 2.05) is 10.7 Å². The quantitative estimate of drug-likeness (QED) is 0.675. The van der Waals surface area contributed by atoms with Crippen LogP contribution in [0.5, 0.6) is 0 Å². The average Bonchev–Trinajstić information content (AvgIpc) is 3.13. The van der Waals surface area contributed by atoms with E-state index in [-0.39, 0.29) is 6.04 Å². The Morgan fingerprint density at radius 3 is 2.52 bits per heavy atom. The molecular weight excluding hydrogens is 304 g/mol. The second-order valence-corrected chi connectivity index (χ2v) is 6.19. The minimum atomic E-state index is 0.193. The second-order valence-electron chi connectivity index (χ2n) is 5.31. The van der Waals surface area contributed by atoms with Crippen LogP contribution in [0.4, 0.5) is 0 Å². The van der Waals surface area contributed by atoms with E-state index in [2.05, 4.69) is 70.2 Å². The van der Waals surface area contributed by atoms with Crippen molar-refractivity contribution in [2.45, 2.75) is 24.0 Å². The van der Waals surface area contributed by atoms with Crippen molar-refractivity contribution < 1.29 is 0 Å². The molecule has 4 nitrogen and oxygen atoms in total.